The van der Waals surface area contributed by atoms with Gasteiger partial charge in [0.2, 0.25) is 0 Å². The van der Waals surface area contributed by atoms with Gasteiger partial charge >= 0.3 is 0 Å². The van der Waals surface area contributed by atoms with Crippen molar-refractivity contribution in [2.24, 2.45) is 0 Å². The molecule has 0 bridgehead atoms. The van der Waals surface area contributed by atoms with Gasteiger partial charge in [-0.05, 0) is 32.4 Å². The fourth-order valence-corrected chi connectivity index (χ4v) is 1.88. The standard InChI is InChI=1S/C15H21N3O/c1-4-5-10-18-15(16-13(3)17-18)11-19-14-8-6-12(2)7-9-14/h6-9H,4-5,10-11H2,1-3H3. The van der Waals surface area contributed by atoms with Crippen molar-refractivity contribution in [3.63, 3.8) is 0 Å². The number of nitrogens with zero attached hydrogens (tertiary/aromatic N) is 3. The van der Waals surface area contributed by atoms with Crippen LogP contribution in [0, 0.1) is 13.8 Å². The molecular weight excluding hydrogens is 238 g/mol. The Bertz CT molecular complexity index is 517. The molecule has 0 spiro atoms. The maximum Gasteiger partial charge on any atom is 0.165 e. The molecule has 0 aliphatic carbocycles. The normalized spacial score (nSPS) is 10.7. The molecule has 0 aliphatic heterocycles. The van der Waals surface area contributed by atoms with Crippen LogP contribution in [0.4, 0.5) is 0 Å². The van der Waals surface area contributed by atoms with Gasteiger partial charge in [0.1, 0.15) is 18.2 Å². The van der Waals surface area contributed by atoms with E-state index in [1.165, 1.54) is 5.56 Å². The van der Waals surface area contributed by atoms with Gasteiger partial charge in [0.05, 0.1) is 0 Å². The second kappa shape index (κ2) is 6.36. The van der Waals surface area contributed by atoms with E-state index in [-0.39, 0.29) is 0 Å². The first kappa shape index (κ1) is 13.6. The van der Waals surface area contributed by atoms with Crippen LogP contribution in [-0.2, 0) is 13.2 Å². The second-order valence-corrected chi connectivity index (χ2v) is 4.75. The molecule has 1 aromatic carbocycles. The molecule has 0 radical (unpaired) electrons. The SMILES string of the molecule is CCCCn1nc(C)nc1COc1ccc(C)cc1. The van der Waals surface area contributed by atoms with Crippen LogP contribution in [0.25, 0.3) is 0 Å². The predicted octanol–water partition coefficient (Wildman–Crippen LogP) is 3.27. The first-order chi connectivity index (χ1) is 9.19. The number of aryl methyl sites for hydroxylation is 3. The van der Waals surface area contributed by atoms with Crippen LogP contribution in [-0.4, -0.2) is 14.8 Å². The third-order valence-electron chi connectivity index (χ3n) is 2.97. The zero-order chi connectivity index (χ0) is 13.7. The Morgan fingerprint density at radius 3 is 2.58 bits per heavy atom. The number of rotatable bonds is 6. The lowest BCUT2D eigenvalue weighted by Gasteiger charge is -2.07. The lowest BCUT2D eigenvalue weighted by atomic mass is 10.2. The molecule has 1 aromatic heterocycles. The smallest absolute Gasteiger partial charge is 0.165 e. The summed E-state index contributed by atoms with van der Waals surface area (Å²) in [5.41, 5.74) is 1.23. The van der Waals surface area contributed by atoms with E-state index in [2.05, 4.69) is 23.9 Å². The predicted molar refractivity (Wildman–Crippen MR) is 75.2 cm³/mol. The van der Waals surface area contributed by atoms with Gasteiger partial charge in [-0.2, -0.15) is 5.10 Å². The van der Waals surface area contributed by atoms with Crippen LogP contribution in [0.15, 0.2) is 24.3 Å². The average molecular weight is 259 g/mol. The van der Waals surface area contributed by atoms with Gasteiger partial charge < -0.3 is 4.74 Å². The Labute approximate surface area is 114 Å². The number of unbranched alkanes of at least 4 members (excludes halogenated alkanes) is 1. The largest absolute Gasteiger partial charge is 0.486 e. The minimum atomic E-state index is 0.466. The third kappa shape index (κ3) is 3.81. The second-order valence-electron chi connectivity index (χ2n) is 4.75. The van der Waals surface area contributed by atoms with E-state index in [0.717, 1.165) is 36.8 Å². The number of ether oxygens (including phenoxy) is 1. The Kier molecular flexibility index (Phi) is 4.55. The van der Waals surface area contributed by atoms with Gasteiger partial charge in [-0.3, -0.25) is 0 Å². The van der Waals surface area contributed by atoms with E-state index in [0.29, 0.717) is 6.61 Å². The van der Waals surface area contributed by atoms with Crippen LogP contribution < -0.4 is 4.74 Å². The Morgan fingerprint density at radius 2 is 1.89 bits per heavy atom. The highest BCUT2D eigenvalue weighted by Gasteiger charge is 2.07. The van der Waals surface area contributed by atoms with Crippen LogP contribution in [0.5, 0.6) is 5.75 Å². The summed E-state index contributed by atoms with van der Waals surface area (Å²) in [5, 5.41) is 4.40. The summed E-state index contributed by atoms with van der Waals surface area (Å²) < 4.78 is 7.71. The summed E-state index contributed by atoms with van der Waals surface area (Å²) >= 11 is 0. The first-order valence-corrected chi connectivity index (χ1v) is 6.79. The monoisotopic (exact) mass is 259 g/mol. The first-order valence-electron chi connectivity index (χ1n) is 6.79. The van der Waals surface area contributed by atoms with Gasteiger partial charge in [-0.25, -0.2) is 9.67 Å². The van der Waals surface area contributed by atoms with Crippen LogP contribution in [0.3, 0.4) is 0 Å². The summed E-state index contributed by atoms with van der Waals surface area (Å²) in [7, 11) is 0. The number of aromatic nitrogens is 3. The molecule has 0 saturated heterocycles. The van der Waals surface area contributed by atoms with Crippen molar-refractivity contribution in [3.05, 3.63) is 41.5 Å². The van der Waals surface area contributed by atoms with Gasteiger partial charge in [0.15, 0.2) is 5.82 Å². The molecule has 2 rings (SSSR count). The Hall–Kier alpha value is -1.84. The van der Waals surface area contributed by atoms with Crippen LogP contribution in [0.2, 0.25) is 0 Å². The minimum Gasteiger partial charge on any atom is -0.486 e. The molecule has 0 atom stereocenters. The van der Waals surface area contributed by atoms with E-state index >= 15 is 0 Å². The molecule has 4 heteroatoms. The summed E-state index contributed by atoms with van der Waals surface area (Å²) in [4.78, 5) is 4.42. The fourth-order valence-electron chi connectivity index (χ4n) is 1.88. The maximum absolute atomic E-state index is 5.76. The van der Waals surface area contributed by atoms with E-state index in [1.807, 2.05) is 35.9 Å². The number of benzene rings is 1. The zero-order valence-electron chi connectivity index (χ0n) is 11.9. The Morgan fingerprint density at radius 1 is 1.16 bits per heavy atom. The molecule has 0 N–H and O–H groups in total. The topological polar surface area (TPSA) is 39.9 Å². The highest BCUT2D eigenvalue weighted by molar-refractivity contribution is 5.26. The van der Waals surface area contributed by atoms with Crippen molar-refractivity contribution in [1.29, 1.82) is 0 Å². The average Bonchev–Trinajstić information content (AvgIpc) is 2.76. The molecule has 19 heavy (non-hydrogen) atoms. The molecule has 0 amide bonds. The maximum atomic E-state index is 5.76. The molecule has 0 saturated carbocycles. The van der Waals surface area contributed by atoms with E-state index in [1.54, 1.807) is 0 Å². The minimum absolute atomic E-state index is 0.466. The van der Waals surface area contributed by atoms with Gasteiger partial charge in [0, 0.05) is 6.54 Å². The molecule has 4 nitrogen and oxygen atoms in total. The summed E-state index contributed by atoms with van der Waals surface area (Å²) in [5.74, 6) is 2.57. The molecule has 1 heterocycles. The van der Waals surface area contributed by atoms with Crippen molar-refractivity contribution in [2.75, 3.05) is 0 Å². The number of hydrogen-bond acceptors (Lipinski definition) is 3. The van der Waals surface area contributed by atoms with Crippen LogP contribution in [0.1, 0.15) is 37.0 Å². The van der Waals surface area contributed by atoms with E-state index in [9.17, 15) is 0 Å². The summed E-state index contributed by atoms with van der Waals surface area (Å²) in [6, 6.07) is 8.05. The Balaban J connectivity index is 2.00. The van der Waals surface area contributed by atoms with Crippen LogP contribution >= 0.6 is 0 Å². The fraction of sp³-hybridized carbons (Fsp3) is 0.467. The summed E-state index contributed by atoms with van der Waals surface area (Å²) in [6.45, 7) is 7.52. The van der Waals surface area contributed by atoms with E-state index < -0.39 is 0 Å². The highest BCUT2D eigenvalue weighted by Crippen LogP contribution is 2.13. The molecule has 102 valence electrons. The van der Waals surface area contributed by atoms with Crippen molar-refractivity contribution in [2.45, 2.75) is 46.8 Å². The van der Waals surface area contributed by atoms with Crippen molar-refractivity contribution < 1.29 is 4.74 Å². The lowest BCUT2D eigenvalue weighted by molar-refractivity contribution is 0.285. The molecule has 0 aliphatic rings. The molecule has 0 fully saturated rings. The van der Waals surface area contributed by atoms with Crippen molar-refractivity contribution in [3.8, 4) is 5.75 Å². The molecule has 2 aromatic rings. The molecule has 0 unspecified atom stereocenters. The quantitative estimate of drug-likeness (QED) is 0.799. The number of hydrogen-bond donors (Lipinski definition) is 0. The summed E-state index contributed by atoms with van der Waals surface area (Å²) in [6.07, 6.45) is 2.26. The van der Waals surface area contributed by atoms with Crippen molar-refractivity contribution in [1.82, 2.24) is 14.8 Å². The van der Waals surface area contributed by atoms with E-state index in [4.69, 9.17) is 4.74 Å². The zero-order valence-corrected chi connectivity index (χ0v) is 11.9. The highest BCUT2D eigenvalue weighted by atomic mass is 16.5. The van der Waals surface area contributed by atoms with Gasteiger partial charge in [0.25, 0.3) is 0 Å². The van der Waals surface area contributed by atoms with Gasteiger partial charge in [-0.1, -0.05) is 31.0 Å². The van der Waals surface area contributed by atoms with Gasteiger partial charge in [-0.15, -0.1) is 0 Å². The third-order valence-corrected chi connectivity index (χ3v) is 2.97. The van der Waals surface area contributed by atoms with Crippen molar-refractivity contribution >= 4 is 0 Å². The lowest BCUT2D eigenvalue weighted by Crippen LogP contribution is -2.08. The molecular formula is C15H21N3O.